The molecule has 1 aromatic carbocycles. The average Bonchev–Trinajstić information content (AvgIpc) is 2.34. The van der Waals surface area contributed by atoms with Gasteiger partial charge in [0.2, 0.25) is 0 Å². The van der Waals surface area contributed by atoms with Crippen LogP contribution in [0, 0.1) is 6.92 Å². The number of hydrogen-bond donors (Lipinski definition) is 2. The number of rotatable bonds is 5. The Kier molecular flexibility index (Phi) is 5.12. The molecule has 5 nitrogen and oxygen atoms in total. The fourth-order valence-corrected chi connectivity index (χ4v) is 1.65. The molecular formula is C13H22N4O. The Labute approximate surface area is 109 Å². The molecule has 0 bridgehead atoms. The number of likely N-dealkylation sites (N-methyl/N-ethyl adjacent to an activating group) is 2. The van der Waals surface area contributed by atoms with Crippen molar-refractivity contribution in [2.75, 3.05) is 39.7 Å². The molecule has 100 valence electrons. The number of nitrogens with two attached hydrogens (primary N) is 1. The first kappa shape index (κ1) is 14.5. The van der Waals surface area contributed by atoms with E-state index in [1.54, 1.807) is 17.0 Å². The average molecular weight is 250 g/mol. The van der Waals surface area contributed by atoms with Crippen molar-refractivity contribution < 1.29 is 4.79 Å². The van der Waals surface area contributed by atoms with Crippen molar-refractivity contribution in [3.63, 3.8) is 0 Å². The second-order valence-corrected chi connectivity index (χ2v) is 4.70. The maximum Gasteiger partial charge on any atom is 0.253 e. The number of nitrogens with zero attached hydrogens (tertiary/aromatic N) is 2. The van der Waals surface area contributed by atoms with Gasteiger partial charge in [-0.1, -0.05) is 0 Å². The molecule has 0 saturated heterocycles. The Hall–Kier alpha value is -1.59. The van der Waals surface area contributed by atoms with Crippen LogP contribution in [0.2, 0.25) is 0 Å². The third-order valence-electron chi connectivity index (χ3n) is 2.85. The van der Waals surface area contributed by atoms with Crippen LogP contribution in [0.1, 0.15) is 15.9 Å². The van der Waals surface area contributed by atoms with E-state index in [9.17, 15) is 4.79 Å². The van der Waals surface area contributed by atoms with Crippen molar-refractivity contribution in [3.8, 4) is 0 Å². The fraction of sp³-hybridized carbons (Fsp3) is 0.462. The number of carbonyl (C=O) groups excluding carboxylic acids is 1. The summed E-state index contributed by atoms with van der Waals surface area (Å²) >= 11 is 0. The molecule has 1 amide bonds. The molecule has 1 rings (SSSR count). The maximum atomic E-state index is 12.2. The van der Waals surface area contributed by atoms with Gasteiger partial charge in [-0.05, 0) is 44.8 Å². The molecule has 0 unspecified atom stereocenters. The van der Waals surface area contributed by atoms with Crippen LogP contribution in [-0.4, -0.2) is 49.9 Å². The molecule has 0 spiro atoms. The first-order chi connectivity index (χ1) is 8.45. The maximum absolute atomic E-state index is 12.2. The highest BCUT2D eigenvalue weighted by Gasteiger charge is 2.14. The van der Waals surface area contributed by atoms with Gasteiger partial charge in [-0.25, -0.2) is 0 Å². The SMILES string of the molecule is Cc1cc(NN)ccc1C(=O)N(C)CCN(C)C. The van der Waals surface area contributed by atoms with Gasteiger partial charge in [-0.3, -0.25) is 10.6 Å². The van der Waals surface area contributed by atoms with Crippen LogP contribution in [0.15, 0.2) is 18.2 Å². The highest BCUT2D eigenvalue weighted by atomic mass is 16.2. The van der Waals surface area contributed by atoms with Crippen LogP contribution < -0.4 is 11.3 Å². The number of hydrogen-bond acceptors (Lipinski definition) is 4. The first-order valence-electron chi connectivity index (χ1n) is 5.93. The van der Waals surface area contributed by atoms with Gasteiger partial charge in [-0.2, -0.15) is 0 Å². The van der Waals surface area contributed by atoms with Gasteiger partial charge in [0.05, 0.1) is 0 Å². The molecule has 0 aliphatic rings. The van der Waals surface area contributed by atoms with Crippen molar-refractivity contribution in [1.29, 1.82) is 0 Å². The Morgan fingerprint density at radius 3 is 2.44 bits per heavy atom. The first-order valence-corrected chi connectivity index (χ1v) is 5.93. The van der Waals surface area contributed by atoms with Crippen LogP contribution in [0.5, 0.6) is 0 Å². The number of carbonyl (C=O) groups is 1. The normalized spacial score (nSPS) is 10.6. The van der Waals surface area contributed by atoms with E-state index >= 15 is 0 Å². The summed E-state index contributed by atoms with van der Waals surface area (Å²) in [6.07, 6.45) is 0. The lowest BCUT2D eigenvalue weighted by Crippen LogP contribution is -2.33. The zero-order valence-electron chi connectivity index (χ0n) is 11.5. The third kappa shape index (κ3) is 3.72. The minimum atomic E-state index is 0.0397. The predicted octanol–water partition coefficient (Wildman–Crippen LogP) is 0.914. The van der Waals surface area contributed by atoms with Gasteiger partial charge in [0.25, 0.3) is 5.91 Å². The molecule has 0 fully saturated rings. The van der Waals surface area contributed by atoms with E-state index in [4.69, 9.17) is 5.84 Å². The van der Waals surface area contributed by atoms with E-state index in [2.05, 4.69) is 10.3 Å². The Balaban J connectivity index is 2.77. The molecule has 5 heteroatoms. The zero-order chi connectivity index (χ0) is 13.7. The summed E-state index contributed by atoms with van der Waals surface area (Å²) in [5.41, 5.74) is 5.02. The lowest BCUT2D eigenvalue weighted by atomic mass is 10.1. The van der Waals surface area contributed by atoms with Crippen LogP contribution in [0.25, 0.3) is 0 Å². The van der Waals surface area contributed by atoms with Crippen molar-refractivity contribution >= 4 is 11.6 Å². The minimum Gasteiger partial charge on any atom is -0.340 e. The highest BCUT2D eigenvalue weighted by molar-refractivity contribution is 5.95. The van der Waals surface area contributed by atoms with E-state index < -0.39 is 0 Å². The van der Waals surface area contributed by atoms with E-state index in [0.29, 0.717) is 6.54 Å². The van der Waals surface area contributed by atoms with Crippen molar-refractivity contribution in [3.05, 3.63) is 29.3 Å². The smallest absolute Gasteiger partial charge is 0.253 e. The number of benzene rings is 1. The summed E-state index contributed by atoms with van der Waals surface area (Å²) in [5.74, 6) is 5.37. The van der Waals surface area contributed by atoms with Crippen molar-refractivity contribution in [1.82, 2.24) is 9.80 Å². The van der Waals surface area contributed by atoms with Crippen molar-refractivity contribution in [2.45, 2.75) is 6.92 Å². The van der Waals surface area contributed by atoms with Gasteiger partial charge >= 0.3 is 0 Å². The lowest BCUT2D eigenvalue weighted by Gasteiger charge is -2.20. The minimum absolute atomic E-state index is 0.0397. The largest absolute Gasteiger partial charge is 0.340 e. The predicted molar refractivity (Wildman–Crippen MR) is 74.5 cm³/mol. The van der Waals surface area contributed by atoms with Crippen molar-refractivity contribution in [2.24, 2.45) is 5.84 Å². The number of aryl methyl sites for hydroxylation is 1. The highest BCUT2D eigenvalue weighted by Crippen LogP contribution is 2.15. The number of nitrogen functional groups attached to an aromatic ring is 1. The molecule has 0 heterocycles. The van der Waals surface area contributed by atoms with Gasteiger partial charge in [0, 0.05) is 31.4 Å². The van der Waals surface area contributed by atoms with Gasteiger partial charge in [0.1, 0.15) is 0 Å². The lowest BCUT2D eigenvalue weighted by molar-refractivity contribution is 0.0785. The monoisotopic (exact) mass is 250 g/mol. The molecule has 0 aliphatic carbocycles. The van der Waals surface area contributed by atoms with E-state index in [1.807, 2.05) is 34.1 Å². The summed E-state index contributed by atoms with van der Waals surface area (Å²) in [7, 11) is 5.80. The van der Waals surface area contributed by atoms with E-state index in [0.717, 1.165) is 23.4 Å². The van der Waals surface area contributed by atoms with E-state index in [1.165, 1.54) is 0 Å². The second kappa shape index (κ2) is 6.37. The standard InChI is InChI=1S/C13H22N4O/c1-10-9-11(15-14)5-6-12(10)13(18)17(4)8-7-16(2)3/h5-6,9,15H,7-8,14H2,1-4H3. The van der Waals surface area contributed by atoms with Crippen LogP contribution in [0.4, 0.5) is 5.69 Å². The summed E-state index contributed by atoms with van der Waals surface area (Å²) in [4.78, 5) is 16.0. The van der Waals surface area contributed by atoms with Crippen LogP contribution in [-0.2, 0) is 0 Å². The molecule has 0 radical (unpaired) electrons. The fourth-order valence-electron chi connectivity index (χ4n) is 1.65. The van der Waals surface area contributed by atoms with E-state index in [-0.39, 0.29) is 5.91 Å². The molecule has 0 atom stereocenters. The van der Waals surface area contributed by atoms with Crippen LogP contribution >= 0.6 is 0 Å². The molecule has 0 saturated carbocycles. The van der Waals surface area contributed by atoms with Gasteiger partial charge in [0.15, 0.2) is 0 Å². The Morgan fingerprint density at radius 2 is 1.94 bits per heavy atom. The Bertz CT molecular complexity index is 417. The molecular weight excluding hydrogens is 228 g/mol. The number of amides is 1. The summed E-state index contributed by atoms with van der Waals surface area (Å²) < 4.78 is 0. The summed E-state index contributed by atoms with van der Waals surface area (Å²) in [6, 6.07) is 5.48. The molecule has 0 aliphatic heterocycles. The van der Waals surface area contributed by atoms with Crippen LogP contribution in [0.3, 0.4) is 0 Å². The summed E-state index contributed by atoms with van der Waals surface area (Å²) in [5, 5.41) is 0. The number of nitrogens with one attached hydrogen (secondary N) is 1. The topological polar surface area (TPSA) is 61.6 Å². The number of hydrazine groups is 1. The Morgan fingerprint density at radius 1 is 1.28 bits per heavy atom. The quantitative estimate of drug-likeness (QED) is 0.602. The summed E-state index contributed by atoms with van der Waals surface area (Å²) in [6.45, 7) is 3.47. The van der Waals surface area contributed by atoms with Gasteiger partial charge in [-0.15, -0.1) is 0 Å². The molecule has 3 N–H and O–H groups in total. The zero-order valence-corrected chi connectivity index (χ0v) is 11.5. The van der Waals surface area contributed by atoms with Gasteiger partial charge < -0.3 is 15.2 Å². The molecule has 0 aromatic heterocycles. The third-order valence-corrected chi connectivity index (χ3v) is 2.85. The number of anilines is 1. The molecule has 1 aromatic rings. The second-order valence-electron chi connectivity index (χ2n) is 4.70. The molecule has 18 heavy (non-hydrogen) atoms.